The zero-order chi connectivity index (χ0) is 29.3. The standard InChI is InChI=1S/C31H36FN9O2/c1-18-12-22-20(14-35-39-22)23(19(18)2)26-24(32)25-21(13-33-26)27(40-9-3-6-30(16-40)15-34-28(42)38-30)37-29(36-25)43-17-31-7-4-10-41(31)11-5-8-31/h12-14H,3-11,15-17H2,1-2H3,(H,35,39)(H2,34,38,42). The van der Waals surface area contributed by atoms with E-state index in [-0.39, 0.29) is 28.8 Å². The molecule has 11 nitrogen and oxygen atoms in total. The predicted octanol–water partition coefficient (Wildman–Crippen LogP) is 3.98. The van der Waals surface area contributed by atoms with Crippen LogP contribution in [0.15, 0.2) is 18.5 Å². The summed E-state index contributed by atoms with van der Waals surface area (Å²) in [6, 6.07) is 2.03. The first kappa shape index (κ1) is 26.6. The van der Waals surface area contributed by atoms with Crippen molar-refractivity contribution in [2.75, 3.05) is 44.2 Å². The number of aromatic nitrogens is 5. The first-order valence-electron chi connectivity index (χ1n) is 15.3. The maximum absolute atomic E-state index is 16.8. The third-order valence-corrected chi connectivity index (χ3v) is 10.3. The van der Waals surface area contributed by atoms with E-state index in [1.54, 1.807) is 12.4 Å². The number of carbonyl (C=O) groups excluding carboxylic acids is 1. The number of pyridine rings is 1. The van der Waals surface area contributed by atoms with Crippen LogP contribution in [0.4, 0.5) is 15.0 Å². The van der Waals surface area contributed by atoms with Crippen LogP contribution in [0.3, 0.4) is 0 Å². The second-order valence-corrected chi connectivity index (χ2v) is 12.9. The largest absolute Gasteiger partial charge is 0.461 e. The highest BCUT2D eigenvalue weighted by Crippen LogP contribution is 2.41. The lowest BCUT2D eigenvalue weighted by molar-refractivity contribution is 0.108. The molecule has 1 unspecified atom stereocenters. The first-order chi connectivity index (χ1) is 20.8. The van der Waals surface area contributed by atoms with Gasteiger partial charge in [0.2, 0.25) is 0 Å². The average molecular weight is 586 g/mol. The zero-order valence-electron chi connectivity index (χ0n) is 24.6. The van der Waals surface area contributed by atoms with Gasteiger partial charge in [-0.3, -0.25) is 15.0 Å². The van der Waals surface area contributed by atoms with Crippen LogP contribution < -0.4 is 20.3 Å². The number of piperidine rings is 1. The molecule has 0 bridgehead atoms. The van der Waals surface area contributed by atoms with Crippen molar-refractivity contribution in [2.45, 2.75) is 63.5 Å². The molecule has 43 heavy (non-hydrogen) atoms. The third-order valence-electron chi connectivity index (χ3n) is 10.3. The zero-order valence-corrected chi connectivity index (χ0v) is 24.6. The Labute approximate surface area is 248 Å². The number of aryl methyl sites for hydroxylation is 1. The predicted molar refractivity (Wildman–Crippen MR) is 161 cm³/mol. The molecule has 1 atom stereocenters. The summed E-state index contributed by atoms with van der Waals surface area (Å²) in [5.41, 5.74) is 3.50. The Hall–Kier alpha value is -4.06. The van der Waals surface area contributed by atoms with E-state index in [2.05, 4.69) is 30.6 Å². The van der Waals surface area contributed by atoms with Crippen LogP contribution in [0, 0.1) is 19.7 Å². The maximum atomic E-state index is 16.8. The second-order valence-electron chi connectivity index (χ2n) is 12.9. The van der Waals surface area contributed by atoms with Crippen molar-refractivity contribution in [3.63, 3.8) is 0 Å². The fourth-order valence-electron chi connectivity index (χ4n) is 7.93. The van der Waals surface area contributed by atoms with Crippen LogP contribution in [-0.2, 0) is 0 Å². The van der Waals surface area contributed by atoms with Crippen LogP contribution in [0.2, 0.25) is 0 Å². The summed E-state index contributed by atoms with van der Waals surface area (Å²) in [6.07, 6.45) is 9.60. The monoisotopic (exact) mass is 585 g/mol. The van der Waals surface area contributed by atoms with Gasteiger partial charge in [0, 0.05) is 36.8 Å². The molecule has 2 amide bonds. The van der Waals surface area contributed by atoms with E-state index in [4.69, 9.17) is 19.7 Å². The van der Waals surface area contributed by atoms with Gasteiger partial charge >= 0.3 is 12.0 Å². The molecule has 4 aliphatic rings. The van der Waals surface area contributed by atoms with Crippen LogP contribution in [-0.4, -0.2) is 86.5 Å². The second kappa shape index (κ2) is 9.73. The Kier molecular flexibility index (Phi) is 6.01. The first-order valence-corrected chi connectivity index (χ1v) is 15.3. The number of hydrogen-bond donors (Lipinski definition) is 3. The SMILES string of the molecule is Cc1cc2[nH]ncc2c(-c2ncc3c(N4CCCC5(CNC(=O)N5)C4)nc(OCC45CCCN4CCC5)nc3c2F)c1C. The van der Waals surface area contributed by atoms with Crippen molar-refractivity contribution in [1.82, 2.24) is 40.7 Å². The molecule has 12 heteroatoms. The topological polar surface area (TPSA) is 124 Å². The highest BCUT2D eigenvalue weighted by molar-refractivity contribution is 5.99. The smallest absolute Gasteiger partial charge is 0.319 e. The van der Waals surface area contributed by atoms with Crippen molar-refractivity contribution >= 4 is 33.7 Å². The highest BCUT2D eigenvalue weighted by Gasteiger charge is 2.45. The number of halogens is 1. The molecular formula is C31H36FN9O2. The van der Waals surface area contributed by atoms with Crippen molar-refractivity contribution < 1.29 is 13.9 Å². The van der Waals surface area contributed by atoms with Crippen LogP contribution in [0.25, 0.3) is 33.1 Å². The molecule has 0 aliphatic carbocycles. The number of fused-ring (bicyclic) bond motifs is 3. The van der Waals surface area contributed by atoms with E-state index >= 15 is 4.39 Å². The van der Waals surface area contributed by atoms with Gasteiger partial charge in [-0.25, -0.2) is 9.18 Å². The van der Waals surface area contributed by atoms with Crippen LogP contribution in [0.5, 0.6) is 6.01 Å². The van der Waals surface area contributed by atoms with Gasteiger partial charge in [0.1, 0.15) is 23.6 Å². The Morgan fingerprint density at radius 2 is 1.86 bits per heavy atom. The molecule has 4 aromatic rings. The summed E-state index contributed by atoms with van der Waals surface area (Å²) in [7, 11) is 0. The minimum atomic E-state index is -0.508. The number of nitrogens with zero attached hydrogens (tertiary/aromatic N) is 6. The van der Waals surface area contributed by atoms with Crippen molar-refractivity contribution in [3.05, 3.63) is 35.4 Å². The number of urea groups is 1. The van der Waals surface area contributed by atoms with E-state index in [0.717, 1.165) is 80.2 Å². The van der Waals surface area contributed by atoms with Crippen molar-refractivity contribution in [2.24, 2.45) is 0 Å². The van der Waals surface area contributed by atoms with E-state index in [9.17, 15) is 4.79 Å². The minimum absolute atomic E-state index is 0.000969. The molecule has 3 aromatic heterocycles. The summed E-state index contributed by atoms with van der Waals surface area (Å²) >= 11 is 0. The average Bonchev–Trinajstić information content (AvgIpc) is 3.78. The number of hydrogen-bond acceptors (Lipinski definition) is 8. The molecule has 4 saturated heterocycles. The Morgan fingerprint density at radius 3 is 2.65 bits per heavy atom. The number of H-pyrrole nitrogens is 1. The van der Waals surface area contributed by atoms with Gasteiger partial charge in [-0.2, -0.15) is 15.1 Å². The number of ether oxygens (including phenoxy) is 1. The minimum Gasteiger partial charge on any atom is -0.461 e. The summed E-state index contributed by atoms with van der Waals surface area (Å²) in [4.78, 5) is 31.1. The quantitative estimate of drug-likeness (QED) is 0.321. The van der Waals surface area contributed by atoms with Gasteiger partial charge < -0.3 is 20.3 Å². The Morgan fingerprint density at radius 1 is 1.05 bits per heavy atom. The van der Waals surface area contributed by atoms with Gasteiger partial charge in [0.25, 0.3) is 0 Å². The number of nitrogens with one attached hydrogen (secondary N) is 3. The van der Waals surface area contributed by atoms with Crippen molar-refractivity contribution in [3.8, 4) is 17.3 Å². The normalized spacial score (nSPS) is 23.3. The molecule has 0 saturated carbocycles. The molecule has 8 rings (SSSR count). The number of benzene rings is 1. The van der Waals surface area contributed by atoms with E-state index < -0.39 is 11.4 Å². The van der Waals surface area contributed by atoms with Gasteiger partial charge in [-0.05, 0) is 82.7 Å². The fourth-order valence-corrected chi connectivity index (χ4v) is 7.93. The molecule has 1 spiro atoms. The Balaban J connectivity index is 1.25. The molecule has 1 aromatic carbocycles. The number of amides is 2. The number of aromatic amines is 1. The van der Waals surface area contributed by atoms with Crippen LogP contribution in [0.1, 0.15) is 49.7 Å². The summed E-state index contributed by atoms with van der Waals surface area (Å²) < 4.78 is 23.2. The van der Waals surface area contributed by atoms with E-state index in [1.165, 1.54) is 0 Å². The molecule has 4 fully saturated rings. The lowest BCUT2D eigenvalue weighted by Gasteiger charge is -2.40. The molecule has 0 radical (unpaired) electrons. The summed E-state index contributed by atoms with van der Waals surface area (Å²) in [5, 5.41) is 14.6. The number of anilines is 1. The molecular weight excluding hydrogens is 549 g/mol. The molecule has 3 N–H and O–H groups in total. The van der Waals surface area contributed by atoms with E-state index in [1.807, 2.05) is 19.9 Å². The highest BCUT2D eigenvalue weighted by atomic mass is 19.1. The van der Waals surface area contributed by atoms with Gasteiger partial charge in [-0.15, -0.1) is 0 Å². The lowest BCUT2D eigenvalue weighted by atomic mass is 9.90. The number of rotatable bonds is 5. The van der Waals surface area contributed by atoms with Crippen LogP contribution >= 0.6 is 0 Å². The summed E-state index contributed by atoms with van der Waals surface area (Å²) in [5.74, 6) is 0.0751. The molecule has 224 valence electrons. The lowest BCUT2D eigenvalue weighted by Crippen LogP contribution is -2.56. The van der Waals surface area contributed by atoms with E-state index in [0.29, 0.717) is 36.5 Å². The maximum Gasteiger partial charge on any atom is 0.319 e. The third kappa shape index (κ3) is 4.21. The van der Waals surface area contributed by atoms with Gasteiger partial charge in [0.15, 0.2) is 5.82 Å². The molecule has 4 aliphatic heterocycles. The summed E-state index contributed by atoms with van der Waals surface area (Å²) in [6.45, 7) is 8.44. The van der Waals surface area contributed by atoms with Crippen molar-refractivity contribution in [1.29, 1.82) is 0 Å². The Bertz CT molecular complexity index is 1760. The fraction of sp³-hybridized carbons (Fsp3) is 0.516. The van der Waals surface area contributed by atoms with Gasteiger partial charge in [-0.1, -0.05) is 0 Å². The molecule has 7 heterocycles. The van der Waals surface area contributed by atoms with Gasteiger partial charge in [0.05, 0.1) is 28.2 Å². The number of carbonyl (C=O) groups is 1.